The van der Waals surface area contributed by atoms with Gasteiger partial charge in [0.15, 0.2) is 0 Å². The number of hydrogen-bond acceptors (Lipinski definition) is 4. The van der Waals surface area contributed by atoms with Gasteiger partial charge in [0.1, 0.15) is 5.75 Å². The number of aromatic hydroxyl groups is 1. The third kappa shape index (κ3) is 1.50. The second kappa shape index (κ2) is 3.57. The van der Waals surface area contributed by atoms with Gasteiger partial charge < -0.3 is 9.84 Å². The number of rotatable bonds is 1. The summed E-state index contributed by atoms with van der Waals surface area (Å²) in [5.74, 6) is -0.357. The summed E-state index contributed by atoms with van der Waals surface area (Å²) < 4.78 is 4.62. The highest BCUT2D eigenvalue weighted by atomic mass is 16.5. The number of hydrogen-bond donors (Lipinski definition) is 1. The predicted octanol–water partition coefficient (Wildman–Crippen LogP) is 1.73. The summed E-state index contributed by atoms with van der Waals surface area (Å²) >= 11 is 0. The van der Waals surface area contributed by atoms with E-state index in [1.165, 1.54) is 19.5 Å². The van der Waals surface area contributed by atoms with Crippen LogP contribution in [0.15, 0.2) is 30.6 Å². The Morgan fingerprint density at radius 3 is 2.87 bits per heavy atom. The Morgan fingerprint density at radius 1 is 1.33 bits per heavy atom. The lowest BCUT2D eigenvalue weighted by atomic mass is 10.1. The number of ether oxygens (including phenoxy) is 1. The smallest absolute Gasteiger partial charge is 0.340 e. The van der Waals surface area contributed by atoms with Crippen molar-refractivity contribution in [2.45, 2.75) is 0 Å². The first-order valence-electron chi connectivity index (χ1n) is 4.38. The molecule has 1 N–H and O–H groups in total. The number of methoxy groups -OCH3 is 1. The maximum atomic E-state index is 11.4. The molecule has 1 aromatic carbocycles. The molecule has 0 aliphatic rings. The number of benzene rings is 1. The van der Waals surface area contributed by atoms with E-state index in [0.717, 1.165) is 0 Å². The molecule has 0 aliphatic carbocycles. The van der Waals surface area contributed by atoms with Crippen molar-refractivity contribution in [2.75, 3.05) is 7.11 Å². The van der Waals surface area contributed by atoms with Gasteiger partial charge in [-0.2, -0.15) is 0 Å². The molecule has 1 aromatic heterocycles. The number of nitrogens with zero attached hydrogens (tertiary/aromatic N) is 1. The van der Waals surface area contributed by atoms with Gasteiger partial charge in [0.25, 0.3) is 0 Å². The summed E-state index contributed by atoms with van der Waals surface area (Å²) in [6.07, 6.45) is 2.94. The topological polar surface area (TPSA) is 59.4 Å². The quantitative estimate of drug-likeness (QED) is 0.717. The van der Waals surface area contributed by atoms with Gasteiger partial charge in [-0.3, -0.25) is 4.98 Å². The first kappa shape index (κ1) is 9.45. The number of fused-ring (bicyclic) bond motifs is 1. The number of carbonyl (C=O) groups is 1. The van der Waals surface area contributed by atoms with Crippen LogP contribution in [0, 0.1) is 0 Å². The summed E-state index contributed by atoms with van der Waals surface area (Å²) in [6, 6.07) is 4.96. The number of carbonyl (C=O) groups excluding carboxylic acids is 1. The molecule has 0 amide bonds. The molecule has 0 saturated heterocycles. The second-order valence-corrected chi connectivity index (χ2v) is 3.05. The Hall–Kier alpha value is -2.10. The van der Waals surface area contributed by atoms with Crippen molar-refractivity contribution in [3.05, 3.63) is 36.2 Å². The van der Waals surface area contributed by atoms with Crippen molar-refractivity contribution < 1.29 is 14.6 Å². The molecule has 0 bridgehead atoms. The fourth-order valence-corrected chi connectivity index (χ4v) is 1.45. The van der Waals surface area contributed by atoms with Crippen LogP contribution in [0.2, 0.25) is 0 Å². The summed E-state index contributed by atoms with van der Waals surface area (Å²) in [5, 5.41) is 10.7. The zero-order valence-corrected chi connectivity index (χ0v) is 8.10. The van der Waals surface area contributed by atoms with E-state index in [1.807, 2.05) is 0 Å². The van der Waals surface area contributed by atoms with Crippen LogP contribution in [0.4, 0.5) is 0 Å². The summed E-state index contributed by atoms with van der Waals surface area (Å²) in [4.78, 5) is 15.3. The molecule has 0 saturated carbocycles. The van der Waals surface area contributed by atoms with Crippen LogP contribution in [0.3, 0.4) is 0 Å². The fraction of sp³-hybridized carbons (Fsp3) is 0.0909. The Morgan fingerprint density at radius 2 is 2.13 bits per heavy atom. The highest BCUT2D eigenvalue weighted by Gasteiger charge is 2.11. The van der Waals surface area contributed by atoms with Gasteiger partial charge in [-0.25, -0.2) is 4.79 Å². The van der Waals surface area contributed by atoms with E-state index in [0.29, 0.717) is 16.3 Å². The third-order valence-electron chi connectivity index (χ3n) is 2.19. The monoisotopic (exact) mass is 203 g/mol. The van der Waals surface area contributed by atoms with Crippen LogP contribution in [-0.4, -0.2) is 23.2 Å². The van der Waals surface area contributed by atoms with Crippen molar-refractivity contribution in [1.82, 2.24) is 4.98 Å². The van der Waals surface area contributed by atoms with Gasteiger partial charge in [-0.1, -0.05) is 12.1 Å². The van der Waals surface area contributed by atoms with Crippen molar-refractivity contribution >= 4 is 16.7 Å². The maximum Gasteiger partial charge on any atom is 0.340 e. The highest BCUT2D eigenvalue weighted by Crippen LogP contribution is 2.25. The average Bonchev–Trinajstić information content (AvgIpc) is 2.28. The van der Waals surface area contributed by atoms with E-state index in [1.54, 1.807) is 18.2 Å². The minimum absolute atomic E-state index is 0.103. The lowest BCUT2D eigenvalue weighted by molar-refractivity contribution is 0.0602. The van der Waals surface area contributed by atoms with Crippen molar-refractivity contribution in [2.24, 2.45) is 0 Å². The second-order valence-electron chi connectivity index (χ2n) is 3.05. The number of phenols is 1. The van der Waals surface area contributed by atoms with Gasteiger partial charge in [0.05, 0.1) is 12.7 Å². The molecule has 1 heterocycles. The lowest BCUT2D eigenvalue weighted by Gasteiger charge is -2.04. The lowest BCUT2D eigenvalue weighted by Crippen LogP contribution is -2.02. The first-order valence-corrected chi connectivity index (χ1v) is 4.38. The highest BCUT2D eigenvalue weighted by molar-refractivity contribution is 6.05. The Balaban J connectivity index is 2.77. The van der Waals surface area contributed by atoms with E-state index in [2.05, 4.69) is 9.72 Å². The predicted molar refractivity (Wildman–Crippen MR) is 54.7 cm³/mol. The Kier molecular flexibility index (Phi) is 2.25. The van der Waals surface area contributed by atoms with Crippen molar-refractivity contribution in [1.29, 1.82) is 0 Å². The van der Waals surface area contributed by atoms with Crippen LogP contribution >= 0.6 is 0 Å². The van der Waals surface area contributed by atoms with Crippen molar-refractivity contribution in [3.63, 3.8) is 0 Å². The molecule has 2 aromatic rings. The summed E-state index contributed by atoms with van der Waals surface area (Å²) in [7, 11) is 1.31. The van der Waals surface area contributed by atoms with Crippen LogP contribution in [-0.2, 0) is 4.74 Å². The van der Waals surface area contributed by atoms with Crippen LogP contribution in [0.25, 0.3) is 10.8 Å². The summed E-state index contributed by atoms with van der Waals surface area (Å²) in [5.41, 5.74) is 0.353. The molecule has 15 heavy (non-hydrogen) atoms. The molecule has 0 atom stereocenters. The van der Waals surface area contributed by atoms with Crippen LogP contribution < -0.4 is 0 Å². The maximum absolute atomic E-state index is 11.4. The molecule has 76 valence electrons. The molecular formula is C11H9NO3. The molecule has 2 rings (SSSR count). The fourth-order valence-electron chi connectivity index (χ4n) is 1.45. The Labute approximate surface area is 86.1 Å². The van der Waals surface area contributed by atoms with Gasteiger partial charge in [-0.05, 0) is 6.07 Å². The number of aromatic nitrogens is 1. The molecular weight excluding hydrogens is 194 g/mol. The van der Waals surface area contributed by atoms with Gasteiger partial charge in [0, 0.05) is 23.2 Å². The molecule has 0 fully saturated rings. The zero-order valence-electron chi connectivity index (χ0n) is 8.10. The van der Waals surface area contributed by atoms with Gasteiger partial charge in [-0.15, -0.1) is 0 Å². The van der Waals surface area contributed by atoms with Crippen LogP contribution in [0.5, 0.6) is 5.75 Å². The minimum atomic E-state index is -0.460. The Bertz CT molecular complexity index is 522. The van der Waals surface area contributed by atoms with E-state index in [9.17, 15) is 9.90 Å². The molecule has 0 spiro atoms. The number of pyridine rings is 1. The largest absolute Gasteiger partial charge is 0.507 e. The van der Waals surface area contributed by atoms with E-state index in [-0.39, 0.29) is 5.75 Å². The number of esters is 1. The SMILES string of the molecule is COC(=O)c1cncc2c(O)cccc12. The molecule has 0 aliphatic heterocycles. The minimum Gasteiger partial charge on any atom is -0.507 e. The normalized spacial score (nSPS) is 10.2. The van der Waals surface area contributed by atoms with Gasteiger partial charge >= 0.3 is 5.97 Å². The van der Waals surface area contributed by atoms with Crippen molar-refractivity contribution in [3.8, 4) is 5.75 Å². The van der Waals surface area contributed by atoms with Crippen LogP contribution in [0.1, 0.15) is 10.4 Å². The van der Waals surface area contributed by atoms with E-state index in [4.69, 9.17) is 0 Å². The van der Waals surface area contributed by atoms with E-state index < -0.39 is 5.97 Å². The van der Waals surface area contributed by atoms with Gasteiger partial charge in [0.2, 0.25) is 0 Å². The molecule has 4 nitrogen and oxygen atoms in total. The average molecular weight is 203 g/mol. The molecule has 4 heteroatoms. The molecule has 0 radical (unpaired) electrons. The number of phenolic OH excluding ortho intramolecular Hbond substituents is 1. The first-order chi connectivity index (χ1) is 7.24. The standard InChI is InChI=1S/C11H9NO3/c1-15-11(14)9-6-12-5-8-7(9)3-2-4-10(8)13/h2-6,13H,1H3. The zero-order chi connectivity index (χ0) is 10.8. The third-order valence-corrected chi connectivity index (χ3v) is 2.19. The molecule has 0 unspecified atom stereocenters. The van der Waals surface area contributed by atoms with E-state index >= 15 is 0 Å². The summed E-state index contributed by atoms with van der Waals surface area (Å²) in [6.45, 7) is 0.